The summed E-state index contributed by atoms with van der Waals surface area (Å²) >= 11 is 5.69. The van der Waals surface area contributed by atoms with Gasteiger partial charge in [-0.05, 0) is 30.2 Å². The molecule has 0 radical (unpaired) electrons. The molecule has 2 nitrogen and oxygen atoms in total. The maximum absolute atomic E-state index is 13.0. The first-order valence-electron chi connectivity index (χ1n) is 5.75. The molecular weight excluding hydrogens is 241 g/mol. The average Bonchev–Trinajstić information content (AvgIpc) is 2.70. The van der Waals surface area contributed by atoms with Gasteiger partial charge in [0.05, 0.1) is 5.02 Å². The molecule has 1 N–H and O–H groups in total. The topological polar surface area (TPSA) is 29.1 Å². The van der Waals surface area contributed by atoms with Gasteiger partial charge in [0.15, 0.2) is 0 Å². The number of halogens is 2. The Hall–Kier alpha value is -0.930. The van der Waals surface area contributed by atoms with Crippen LogP contribution in [-0.4, -0.2) is 18.9 Å². The number of carbonyl (C=O) groups is 1. The van der Waals surface area contributed by atoms with Crippen molar-refractivity contribution in [2.45, 2.75) is 13.3 Å². The minimum absolute atomic E-state index is 0.0684. The zero-order valence-corrected chi connectivity index (χ0v) is 10.4. The van der Waals surface area contributed by atoms with E-state index in [1.54, 1.807) is 6.07 Å². The fourth-order valence-corrected chi connectivity index (χ4v) is 2.43. The molecule has 4 heteroatoms. The van der Waals surface area contributed by atoms with Crippen molar-refractivity contribution in [2.24, 2.45) is 11.8 Å². The molecule has 17 heavy (non-hydrogen) atoms. The van der Waals surface area contributed by atoms with Crippen LogP contribution in [0, 0.1) is 17.7 Å². The average molecular weight is 256 g/mol. The van der Waals surface area contributed by atoms with E-state index in [9.17, 15) is 9.18 Å². The van der Waals surface area contributed by atoms with Crippen LogP contribution in [0.25, 0.3) is 0 Å². The third-order valence-corrected chi connectivity index (χ3v) is 3.58. The Morgan fingerprint density at radius 3 is 2.88 bits per heavy atom. The molecular formula is C13H15ClFNO. The van der Waals surface area contributed by atoms with Gasteiger partial charge in [0, 0.05) is 18.9 Å². The lowest BCUT2D eigenvalue weighted by Gasteiger charge is -2.12. The molecule has 0 saturated carbocycles. The zero-order chi connectivity index (χ0) is 12.4. The maximum Gasteiger partial charge on any atom is 0.141 e. The molecule has 0 amide bonds. The van der Waals surface area contributed by atoms with Crippen LogP contribution in [0.1, 0.15) is 12.5 Å². The van der Waals surface area contributed by atoms with Gasteiger partial charge in [0.25, 0.3) is 0 Å². The van der Waals surface area contributed by atoms with Crippen molar-refractivity contribution in [3.05, 3.63) is 34.6 Å². The Balaban J connectivity index is 2.05. The molecule has 0 spiro atoms. The smallest absolute Gasteiger partial charge is 0.141 e. The molecule has 2 unspecified atom stereocenters. The van der Waals surface area contributed by atoms with E-state index in [-0.39, 0.29) is 16.7 Å². The number of rotatable bonds is 3. The predicted molar refractivity (Wildman–Crippen MR) is 65.6 cm³/mol. The van der Waals surface area contributed by atoms with Crippen LogP contribution in [0.15, 0.2) is 18.2 Å². The molecule has 1 aliphatic heterocycles. The van der Waals surface area contributed by atoms with Gasteiger partial charge in [0.2, 0.25) is 0 Å². The monoisotopic (exact) mass is 255 g/mol. The lowest BCUT2D eigenvalue weighted by atomic mass is 9.90. The van der Waals surface area contributed by atoms with E-state index in [0.717, 1.165) is 18.7 Å². The van der Waals surface area contributed by atoms with Gasteiger partial charge in [-0.1, -0.05) is 24.6 Å². The Bertz CT molecular complexity index is 435. The van der Waals surface area contributed by atoms with E-state index in [4.69, 9.17) is 11.6 Å². The molecule has 1 fully saturated rings. The van der Waals surface area contributed by atoms with E-state index in [1.165, 1.54) is 12.1 Å². The van der Waals surface area contributed by atoms with Crippen molar-refractivity contribution in [3.63, 3.8) is 0 Å². The van der Waals surface area contributed by atoms with Gasteiger partial charge < -0.3 is 5.32 Å². The number of Topliss-reactive ketones (excluding diaryl/α,β-unsaturated/α-hetero) is 1. The highest BCUT2D eigenvalue weighted by molar-refractivity contribution is 6.30. The molecule has 1 aromatic rings. The maximum atomic E-state index is 13.0. The number of benzene rings is 1. The molecule has 1 heterocycles. The highest BCUT2D eigenvalue weighted by Crippen LogP contribution is 2.21. The molecule has 0 bridgehead atoms. The van der Waals surface area contributed by atoms with Gasteiger partial charge in [-0.15, -0.1) is 0 Å². The number of carbonyl (C=O) groups excluding carboxylic acids is 1. The molecule has 0 aromatic heterocycles. The van der Waals surface area contributed by atoms with Crippen molar-refractivity contribution in [2.75, 3.05) is 13.1 Å². The summed E-state index contributed by atoms with van der Waals surface area (Å²) in [7, 11) is 0. The van der Waals surface area contributed by atoms with Crippen LogP contribution in [0.3, 0.4) is 0 Å². The van der Waals surface area contributed by atoms with Crippen molar-refractivity contribution in [1.29, 1.82) is 0 Å². The number of hydrogen-bond acceptors (Lipinski definition) is 2. The first kappa shape index (κ1) is 12.5. The van der Waals surface area contributed by atoms with Crippen molar-refractivity contribution < 1.29 is 9.18 Å². The molecule has 0 aliphatic carbocycles. The van der Waals surface area contributed by atoms with Crippen LogP contribution in [0.5, 0.6) is 0 Å². The number of hydrogen-bond donors (Lipinski definition) is 1. The van der Waals surface area contributed by atoms with Gasteiger partial charge in [-0.25, -0.2) is 4.39 Å². The summed E-state index contributed by atoms with van der Waals surface area (Å²) in [6.07, 6.45) is 0.330. The second kappa shape index (κ2) is 5.15. The fourth-order valence-electron chi connectivity index (χ4n) is 2.22. The van der Waals surface area contributed by atoms with Crippen LogP contribution < -0.4 is 5.32 Å². The Morgan fingerprint density at radius 2 is 2.29 bits per heavy atom. The third-order valence-electron chi connectivity index (χ3n) is 3.29. The van der Waals surface area contributed by atoms with Crippen LogP contribution in [0.4, 0.5) is 4.39 Å². The zero-order valence-electron chi connectivity index (χ0n) is 9.67. The normalized spacial score (nSPS) is 23.9. The summed E-state index contributed by atoms with van der Waals surface area (Å²) in [5.74, 6) is 0.196. The lowest BCUT2D eigenvalue weighted by molar-refractivity contribution is -0.122. The largest absolute Gasteiger partial charge is 0.316 e. The predicted octanol–water partition coefficient (Wildman–Crippen LogP) is 2.45. The quantitative estimate of drug-likeness (QED) is 0.899. The van der Waals surface area contributed by atoms with Gasteiger partial charge in [-0.3, -0.25) is 4.79 Å². The second-order valence-electron chi connectivity index (χ2n) is 4.63. The number of ketones is 1. The van der Waals surface area contributed by atoms with E-state index in [1.807, 2.05) is 0 Å². The first-order valence-corrected chi connectivity index (χ1v) is 6.13. The molecule has 1 aliphatic rings. The minimum atomic E-state index is -0.446. The van der Waals surface area contributed by atoms with Gasteiger partial charge in [0.1, 0.15) is 11.6 Å². The van der Waals surface area contributed by atoms with Crippen molar-refractivity contribution in [1.82, 2.24) is 5.32 Å². The van der Waals surface area contributed by atoms with Crippen molar-refractivity contribution in [3.8, 4) is 0 Å². The summed E-state index contributed by atoms with van der Waals surface area (Å²) in [6, 6.07) is 4.45. The lowest BCUT2D eigenvalue weighted by Crippen LogP contribution is -2.23. The Labute approximate surface area is 105 Å². The fraction of sp³-hybridized carbons (Fsp3) is 0.462. The molecule has 1 aromatic carbocycles. The van der Waals surface area contributed by atoms with E-state index < -0.39 is 5.82 Å². The highest BCUT2D eigenvalue weighted by Gasteiger charge is 2.29. The Morgan fingerprint density at radius 1 is 1.53 bits per heavy atom. The standard InChI is InChI=1S/C13H15ClFNO/c1-8-6-16-7-10(8)13(17)5-9-2-3-12(15)11(14)4-9/h2-4,8,10,16H,5-7H2,1H3. The summed E-state index contributed by atoms with van der Waals surface area (Å²) in [5.41, 5.74) is 0.778. The Kier molecular flexibility index (Phi) is 3.79. The molecule has 2 atom stereocenters. The van der Waals surface area contributed by atoms with Crippen LogP contribution in [0.2, 0.25) is 5.02 Å². The molecule has 1 saturated heterocycles. The van der Waals surface area contributed by atoms with E-state index in [0.29, 0.717) is 12.3 Å². The van der Waals surface area contributed by atoms with Crippen LogP contribution in [-0.2, 0) is 11.2 Å². The van der Waals surface area contributed by atoms with Crippen LogP contribution >= 0.6 is 11.6 Å². The van der Waals surface area contributed by atoms with Crippen molar-refractivity contribution >= 4 is 17.4 Å². The first-order chi connectivity index (χ1) is 8.08. The summed E-state index contributed by atoms with van der Waals surface area (Å²) in [5, 5.41) is 3.28. The summed E-state index contributed by atoms with van der Waals surface area (Å²) in [6.45, 7) is 3.70. The van der Waals surface area contributed by atoms with Gasteiger partial charge >= 0.3 is 0 Å². The number of nitrogens with one attached hydrogen (secondary N) is 1. The summed E-state index contributed by atoms with van der Waals surface area (Å²) < 4.78 is 13.0. The van der Waals surface area contributed by atoms with E-state index >= 15 is 0 Å². The summed E-state index contributed by atoms with van der Waals surface area (Å²) in [4.78, 5) is 12.0. The SMILES string of the molecule is CC1CNCC1C(=O)Cc1ccc(F)c(Cl)c1. The third kappa shape index (κ3) is 2.85. The highest BCUT2D eigenvalue weighted by atomic mass is 35.5. The second-order valence-corrected chi connectivity index (χ2v) is 5.04. The molecule has 2 rings (SSSR count). The van der Waals surface area contributed by atoms with Gasteiger partial charge in [-0.2, -0.15) is 0 Å². The minimum Gasteiger partial charge on any atom is -0.316 e. The molecule has 92 valence electrons. The van der Waals surface area contributed by atoms with E-state index in [2.05, 4.69) is 12.2 Å².